The molecule has 0 atom stereocenters. The van der Waals surface area contributed by atoms with E-state index in [1.54, 1.807) is 18.2 Å². The van der Waals surface area contributed by atoms with Gasteiger partial charge in [-0.3, -0.25) is 4.79 Å². The summed E-state index contributed by atoms with van der Waals surface area (Å²) in [5.74, 6) is -0.376. The number of hydrogen-bond donors (Lipinski definition) is 1. The van der Waals surface area contributed by atoms with Gasteiger partial charge in [0.1, 0.15) is 18.6 Å². The molecular formula is C17H15F3N2O3. The van der Waals surface area contributed by atoms with Gasteiger partial charge in [-0.1, -0.05) is 23.4 Å². The van der Waals surface area contributed by atoms with E-state index >= 15 is 0 Å². The van der Waals surface area contributed by atoms with E-state index in [1.165, 1.54) is 32.4 Å². The molecule has 0 radical (unpaired) electrons. The number of rotatable bonds is 5. The highest BCUT2D eigenvalue weighted by molar-refractivity contribution is 6.45. The molecule has 0 fully saturated rings. The molecule has 0 unspecified atom stereocenters. The first kappa shape index (κ1) is 18.3. The Morgan fingerprint density at radius 1 is 1.12 bits per heavy atom. The minimum Gasteiger partial charge on any atom is -0.457 e. The monoisotopic (exact) mass is 352 g/mol. The van der Waals surface area contributed by atoms with E-state index in [0.717, 1.165) is 12.1 Å². The zero-order valence-electron chi connectivity index (χ0n) is 13.4. The lowest BCUT2D eigenvalue weighted by molar-refractivity contribution is -0.137. The van der Waals surface area contributed by atoms with Gasteiger partial charge in [0.25, 0.3) is 5.91 Å². The quantitative estimate of drug-likeness (QED) is 0.661. The Kier molecular flexibility index (Phi) is 5.63. The number of para-hydroxylation sites is 1. The topological polar surface area (TPSA) is 59.9 Å². The maximum Gasteiger partial charge on any atom is 0.416 e. The van der Waals surface area contributed by atoms with E-state index in [9.17, 15) is 18.0 Å². The zero-order valence-corrected chi connectivity index (χ0v) is 13.4. The Morgan fingerprint density at radius 3 is 2.48 bits per heavy atom. The van der Waals surface area contributed by atoms with E-state index in [2.05, 4.69) is 15.3 Å². The van der Waals surface area contributed by atoms with Crippen LogP contribution in [0.15, 0.2) is 53.7 Å². The van der Waals surface area contributed by atoms with Crippen molar-refractivity contribution in [2.75, 3.05) is 14.2 Å². The van der Waals surface area contributed by atoms with Gasteiger partial charge in [0.05, 0.1) is 11.1 Å². The number of carbonyl (C=O) groups is 1. The molecule has 2 aromatic carbocycles. The van der Waals surface area contributed by atoms with Crippen LogP contribution in [0.2, 0.25) is 0 Å². The lowest BCUT2D eigenvalue weighted by Gasteiger charge is -2.13. The summed E-state index contributed by atoms with van der Waals surface area (Å²) in [5, 5.41) is 6.08. The Morgan fingerprint density at radius 2 is 1.84 bits per heavy atom. The summed E-state index contributed by atoms with van der Waals surface area (Å²) in [6.45, 7) is 0. The number of nitrogens with zero attached hydrogens (tertiary/aromatic N) is 1. The smallest absolute Gasteiger partial charge is 0.416 e. The lowest BCUT2D eigenvalue weighted by Crippen LogP contribution is -2.28. The van der Waals surface area contributed by atoms with Crippen molar-refractivity contribution in [2.24, 2.45) is 5.16 Å². The number of benzene rings is 2. The van der Waals surface area contributed by atoms with Crippen LogP contribution in [0.25, 0.3) is 0 Å². The molecule has 0 heterocycles. The lowest BCUT2D eigenvalue weighted by atomic mass is 10.1. The number of alkyl halides is 3. The van der Waals surface area contributed by atoms with E-state index in [0.29, 0.717) is 0 Å². The fourth-order valence-corrected chi connectivity index (χ4v) is 2.04. The average Bonchev–Trinajstić information content (AvgIpc) is 2.59. The van der Waals surface area contributed by atoms with Crippen LogP contribution in [0.3, 0.4) is 0 Å². The van der Waals surface area contributed by atoms with E-state index in [-0.39, 0.29) is 22.8 Å². The molecule has 0 aromatic heterocycles. The summed E-state index contributed by atoms with van der Waals surface area (Å²) < 4.78 is 44.0. The first-order valence-electron chi connectivity index (χ1n) is 7.14. The van der Waals surface area contributed by atoms with Gasteiger partial charge in [-0.05, 0) is 30.3 Å². The second kappa shape index (κ2) is 7.69. The normalized spacial score (nSPS) is 11.8. The molecule has 8 heteroatoms. The van der Waals surface area contributed by atoms with Crippen molar-refractivity contribution in [1.82, 2.24) is 5.32 Å². The SMILES string of the molecule is CNC(=O)/C(=N\OC)c1ccccc1Oc1cccc(C(F)(F)F)c1. The Hall–Kier alpha value is -3.03. The van der Waals surface area contributed by atoms with Crippen molar-refractivity contribution >= 4 is 11.6 Å². The summed E-state index contributed by atoms with van der Waals surface area (Å²) in [5.41, 5.74) is -0.617. The van der Waals surface area contributed by atoms with Gasteiger partial charge < -0.3 is 14.9 Å². The standard InChI is InChI=1S/C17H15F3N2O3/c1-21-16(23)15(22-24-2)13-8-3-4-9-14(13)25-12-7-5-6-11(10-12)17(18,19)20/h3-10H,1-2H3,(H,21,23)/b22-15-. The molecule has 2 rings (SSSR count). The summed E-state index contributed by atoms with van der Waals surface area (Å²) >= 11 is 0. The van der Waals surface area contributed by atoms with Crippen LogP contribution in [-0.4, -0.2) is 25.8 Å². The summed E-state index contributed by atoms with van der Waals surface area (Å²) in [6.07, 6.45) is -4.48. The number of ether oxygens (including phenoxy) is 1. The molecule has 0 spiro atoms. The van der Waals surface area contributed by atoms with E-state index in [1.807, 2.05) is 0 Å². The van der Waals surface area contributed by atoms with Crippen molar-refractivity contribution < 1.29 is 27.5 Å². The molecule has 0 aliphatic carbocycles. The highest BCUT2D eigenvalue weighted by atomic mass is 19.4. The Balaban J connectivity index is 2.42. The molecule has 132 valence electrons. The van der Waals surface area contributed by atoms with Gasteiger partial charge in [0.2, 0.25) is 0 Å². The van der Waals surface area contributed by atoms with Crippen molar-refractivity contribution in [3.8, 4) is 11.5 Å². The fourth-order valence-electron chi connectivity index (χ4n) is 2.04. The maximum absolute atomic E-state index is 12.8. The first-order chi connectivity index (χ1) is 11.9. The van der Waals surface area contributed by atoms with Crippen molar-refractivity contribution in [3.05, 3.63) is 59.7 Å². The third-order valence-corrected chi connectivity index (χ3v) is 3.16. The number of likely N-dealkylation sites (N-methyl/N-ethyl adjacent to an activating group) is 1. The van der Waals surface area contributed by atoms with Gasteiger partial charge in [0, 0.05) is 7.05 Å². The van der Waals surface area contributed by atoms with E-state index < -0.39 is 17.6 Å². The summed E-state index contributed by atoms with van der Waals surface area (Å²) in [6, 6.07) is 10.8. The average molecular weight is 352 g/mol. The number of carbonyl (C=O) groups excluding carboxylic acids is 1. The van der Waals surface area contributed by atoms with Crippen LogP contribution in [0.4, 0.5) is 13.2 Å². The molecule has 0 saturated carbocycles. The van der Waals surface area contributed by atoms with Gasteiger partial charge in [0.15, 0.2) is 5.71 Å². The number of halogens is 3. The summed E-state index contributed by atoms with van der Waals surface area (Å²) in [7, 11) is 2.70. The summed E-state index contributed by atoms with van der Waals surface area (Å²) in [4.78, 5) is 16.6. The minimum atomic E-state index is -4.48. The van der Waals surface area contributed by atoms with Gasteiger partial charge in [-0.2, -0.15) is 13.2 Å². The van der Waals surface area contributed by atoms with Gasteiger partial charge in [-0.25, -0.2) is 0 Å². The van der Waals surface area contributed by atoms with Crippen LogP contribution in [0, 0.1) is 0 Å². The Labute approximate surface area is 142 Å². The number of amides is 1. The van der Waals surface area contributed by atoms with Gasteiger partial charge >= 0.3 is 6.18 Å². The third-order valence-electron chi connectivity index (χ3n) is 3.16. The molecule has 1 N–H and O–H groups in total. The molecule has 2 aromatic rings. The number of hydrogen-bond acceptors (Lipinski definition) is 4. The highest BCUT2D eigenvalue weighted by Gasteiger charge is 2.30. The molecule has 0 aliphatic heterocycles. The minimum absolute atomic E-state index is 0.0176. The van der Waals surface area contributed by atoms with Crippen molar-refractivity contribution in [2.45, 2.75) is 6.18 Å². The predicted octanol–water partition coefficient (Wildman–Crippen LogP) is 3.59. The van der Waals surface area contributed by atoms with Crippen LogP contribution in [0.1, 0.15) is 11.1 Å². The maximum atomic E-state index is 12.8. The second-order valence-corrected chi connectivity index (χ2v) is 4.83. The molecule has 5 nitrogen and oxygen atoms in total. The first-order valence-corrected chi connectivity index (χ1v) is 7.14. The molecular weight excluding hydrogens is 337 g/mol. The fraction of sp³-hybridized carbons (Fsp3) is 0.176. The van der Waals surface area contributed by atoms with Gasteiger partial charge in [-0.15, -0.1) is 0 Å². The largest absolute Gasteiger partial charge is 0.457 e. The number of oxime groups is 1. The molecule has 0 aliphatic rings. The predicted molar refractivity (Wildman–Crippen MR) is 85.6 cm³/mol. The Bertz CT molecular complexity index is 789. The van der Waals surface area contributed by atoms with Crippen molar-refractivity contribution in [1.29, 1.82) is 0 Å². The molecule has 0 saturated heterocycles. The highest BCUT2D eigenvalue weighted by Crippen LogP contribution is 2.33. The zero-order chi connectivity index (χ0) is 18.4. The van der Waals surface area contributed by atoms with Crippen LogP contribution < -0.4 is 10.1 Å². The van der Waals surface area contributed by atoms with E-state index in [4.69, 9.17) is 4.74 Å². The number of nitrogens with one attached hydrogen (secondary N) is 1. The van der Waals surface area contributed by atoms with Crippen LogP contribution in [-0.2, 0) is 15.8 Å². The molecule has 25 heavy (non-hydrogen) atoms. The van der Waals surface area contributed by atoms with Crippen molar-refractivity contribution in [3.63, 3.8) is 0 Å². The third kappa shape index (κ3) is 4.50. The molecule has 0 bridgehead atoms. The molecule has 1 amide bonds. The van der Waals surface area contributed by atoms with Crippen LogP contribution in [0.5, 0.6) is 11.5 Å². The second-order valence-electron chi connectivity index (χ2n) is 4.83. The van der Waals surface area contributed by atoms with Crippen LogP contribution >= 0.6 is 0 Å².